The second kappa shape index (κ2) is 4.68. The topological polar surface area (TPSA) is 32.3 Å². The fourth-order valence-corrected chi connectivity index (χ4v) is 1.17. The van der Waals surface area contributed by atoms with Crippen LogP contribution in [-0.4, -0.2) is 17.3 Å². The van der Waals surface area contributed by atoms with Crippen LogP contribution in [0.2, 0.25) is 0 Å². The second-order valence-electron chi connectivity index (χ2n) is 4.15. The van der Waals surface area contributed by atoms with Crippen LogP contribution in [0.5, 0.6) is 0 Å². The minimum absolute atomic E-state index is 0.274. The van der Waals surface area contributed by atoms with Gasteiger partial charge >= 0.3 is 0 Å². The van der Waals surface area contributed by atoms with Gasteiger partial charge in [-0.2, -0.15) is 0 Å². The molecule has 0 atom stereocenters. The van der Waals surface area contributed by atoms with Crippen molar-refractivity contribution in [2.45, 2.75) is 26.0 Å². The Labute approximate surface area is 87.9 Å². The summed E-state index contributed by atoms with van der Waals surface area (Å²) in [5.74, 6) is -1.16. The first-order valence-electron chi connectivity index (χ1n) is 4.75. The SMILES string of the molecule is CC(C)(O)CNCc1ccc(F)cc1F. The standard InChI is InChI=1S/C11H15F2NO/c1-11(2,15)7-14-6-8-3-4-9(12)5-10(8)13/h3-5,14-15H,6-7H2,1-2H3. The molecule has 0 saturated heterocycles. The van der Waals surface area contributed by atoms with Gasteiger partial charge < -0.3 is 10.4 Å². The zero-order valence-electron chi connectivity index (χ0n) is 8.85. The number of nitrogens with one attached hydrogen (secondary N) is 1. The molecule has 0 radical (unpaired) electrons. The summed E-state index contributed by atoms with van der Waals surface area (Å²) in [6.07, 6.45) is 0. The summed E-state index contributed by atoms with van der Waals surface area (Å²) in [4.78, 5) is 0. The predicted molar refractivity (Wildman–Crippen MR) is 54.4 cm³/mol. The van der Waals surface area contributed by atoms with E-state index in [2.05, 4.69) is 5.32 Å². The zero-order valence-corrected chi connectivity index (χ0v) is 8.85. The molecule has 1 aromatic carbocycles. The van der Waals surface area contributed by atoms with Gasteiger partial charge in [-0.1, -0.05) is 6.07 Å². The fourth-order valence-electron chi connectivity index (χ4n) is 1.17. The normalized spacial score (nSPS) is 11.8. The molecule has 4 heteroatoms. The third-order valence-corrected chi connectivity index (χ3v) is 1.89. The molecular weight excluding hydrogens is 200 g/mol. The number of hydrogen-bond donors (Lipinski definition) is 2. The van der Waals surface area contributed by atoms with Crippen molar-refractivity contribution in [2.24, 2.45) is 0 Å². The summed E-state index contributed by atoms with van der Waals surface area (Å²) in [6.45, 7) is 3.93. The fraction of sp³-hybridized carbons (Fsp3) is 0.455. The lowest BCUT2D eigenvalue weighted by molar-refractivity contribution is 0.0794. The third kappa shape index (κ3) is 4.36. The van der Waals surface area contributed by atoms with E-state index in [1.54, 1.807) is 13.8 Å². The monoisotopic (exact) mass is 215 g/mol. The van der Waals surface area contributed by atoms with Crippen LogP contribution in [0.1, 0.15) is 19.4 Å². The first-order valence-corrected chi connectivity index (χ1v) is 4.75. The van der Waals surface area contributed by atoms with Crippen molar-refractivity contribution in [2.75, 3.05) is 6.54 Å². The Bertz CT molecular complexity index is 334. The van der Waals surface area contributed by atoms with Gasteiger partial charge in [-0.15, -0.1) is 0 Å². The maximum atomic E-state index is 13.1. The number of halogens is 2. The molecule has 0 fully saturated rings. The molecule has 0 bridgehead atoms. The van der Waals surface area contributed by atoms with Crippen molar-refractivity contribution in [3.05, 3.63) is 35.4 Å². The zero-order chi connectivity index (χ0) is 11.5. The van der Waals surface area contributed by atoms with Crippen molar-refractivity contribution in [1.29, 1.82) is 0 Å². The highest BCUT2D eigenvalue weighted by Gasteiger charge is 2.11. The van der Waals surface area contributed by atoms with Gasteiger partial charge in [0.1, 0.15) is 11.6 Å². The average Bonchev–Trinajstić information content (AvgIpc) is 2.07. The molecular formula is C11H15F2NO. The molecule has 0 saturated carbocycles. The quantitative estimate of drug-likeness (QED) is 0.803. The van der Waals surface area contributed by atoms with Crippen molar-refractivity contribution < 1.29 is 13.9 Å². The highest BCUT2D eigenvalue weighted by Crippen LogP contribution is 2.09. The molecule has 0 amide bonds. The van der Waals surface area contributed by atoms with Crippen LogP contribution in [0, 0.1) is 11.6 Å². The lowest BCUT2D eigenvalue weighted by Gasteiger charge is -2.17. The van der Waals surface area contributed by atoms with E-state index in [-0.39, 0.29) is 6.54 Å². The van der Waals surface area contributed by atoms with E-state index in [0.717, 1.165) is 6.07 Å². The molecule has 0 aliphatic rings. The summed E-state index contributed by atoms with van der Waals surface area (Å²) in [7, 11) is 0. The van der Waals surface area contributed by atoms with E-state index >= 15 is 0 Å². The largest absolute Gasteiger partial charge is 0.389 e. The highest BCUT2D eigenvalue weighted by molar-refractivity contribution is 5.18. The van der Waals surface area contributed by atoms with Crippen LogP contribution >= 0.6 is 0 Å². The average molecular weight is 215 g/mol. The maximum Gasteiger partial charge on any atom is 0.130 e. The summed E-state index contributed by atoms with van der Waals surface area (Å²) < 4.78 is 25.7. The highest BCUT2D eigenvalue weighted by atomic mass is 19.1. The lowest BCUT2D eigenvalue weighted by Crippen LogP contribution is -2.34. The molecule has 84 valence electrons. The molecule has 2 nitrogen and oxygen atoms in total. The van der Waals surface area contributed by atoms with E-state index in [4.69, 9.17) is 0 Å². The van der Waals surface area contributed by atoms with Gasteiger partial charge in [-0.25, -0.2) is 8.78 Å². The summed E-state index contributed by atoms with van der Waals surface area (Å²) in [5, 5.41) is 12.3. The van der Waals surface area contributed by atoms with Crippen LogP contribution < -0.4 is 5.32 Å². The molecule has 0 aliphatic heterocycles. The molecule has 2 N–H and O–H groups in total. The molecule has 1 rings (SSSR count). The molecule has 15 heavy (non-hydrogen) atoms. The van der Waals surface area contributed by atoms with Gasteiger partial charge in [0.15, 0.2) is 0 Å². The molecule has 0 heterocycles. The van der Waals surface area contributed by atoms with E-state index in [1.807, 2.05) is 0 Å². The van der Waals surface area contributed by atoms with Crippen LogP contribution in [0.15, 0.2) is 18.2 Å². The van der Waals surface area contributed by atoms with Crippen molar-refractivity contribution in [3.63, 3.8) is 0 Å². The van der Waals surface area contributed by atoms with Gasteiger partial charge in [-0.05, 0) is 19.9 Å². The van der Waals surface area contributed by atoms with Crippen LogP contribution in [0.3, 0.4) is 0 Å². The van der Waals surface area contributed by atoms with Crippen molar-refractivity contribution in [1.82, 2.24) is 5.32 Å². The van der Waals surface area contributed by atoms with Crippen molar-refractivity contribution >= 4 is 0 Å². The number of rotatable bonds is 4. The van der Waals surface area contributed by atoms with Gasteiger partial charge in [-0.3, -0.25) is 0 Å². The Balaban J connectivity index is 2.51. The number of benzene rings is 1. The van der Waals surface area contributed by atoms with Gasteiger partial charge in [0.2, 0.25) is 0 Å². The molecule has 0 aliphatic carbocycles. The Morgan fingerprint density at radius 1 is 1.33 bits per heavy atom. The second-order valence-corrected chi connectivity index (χ2v) is 4.15. The third-order valence-electron chi connectivity index (χ3n) is 1.89. The molecule has 0 spiro atoms. The van der Waals surface area contributed by atoms with Crippen LogP contribution in [0.25, 0.3) is 0 Å². The first-order chi connectivity index (χ1) is 6.88. The van der Waals surface area contributed by atoms with Crippen LogP contribution in [0.4, 0.5) is 8.78 Å². The minimum atomic E-state index is -0.837. The summed E-state index contributed by atoms with van der Waals surface area (Å²) in [6, 6.07) is 3.45. The van der Waals surface area contributed by atoms with Gasteiger partial charge in [0.05, 0.1) is 5.60 Å². The van der Waals surface area contributed by atoms with E-state index in [9.17, 15) is 13.9 Å². The number of aliphatic hydroxyl groups is 1. The lowest BCUT2D eigenvalue weighted by atomic mass is 10.1. The van der Waals surface area contributed by atoms with Crippen molar-refractivity contribution in [3.8, 4) is 0 Å². The van der Waals surface area contributed by atoms with E-state index in [0.29, 0.717) is 12.1 Å². The minimum Gasteiger partial charge on any atom is -0.389 e. The molecule has 0 unspecified atom stereocenters. The molecule has 0 aromatic heterocycles. The van der Waals surface area contributed by atoms with E-state index in [1.165, 1.54) is 12.1 Å². The maximum absolute atomic E-state index is 13.1. The molecule has 1 aromatic rings. The van der Waals surface area contributed by atoms with Gasteiger partial charge in [0.25, 0.3) is 0 Å². The Morgan fingerprint density at radius 2 is 2.00 bits per heavy atom. The number of hydrogen-bond acceptors (Lipinski definition) is 2. The first kappa shape index (κ1) is 12.1. The summed E-state index contributed by atoms with van der Waals surface area (Å²) >= 11 is 0. The van der Waals surface area contributed by atoms with E-state index < -0.39 is 17.2 Å². The van der Waals surface area contributed by atoms with Gasteiger partial charge in [0, 0.05) is 24.7 Å². The Hall–Kier alpha value is -1.00. The summed E-state index contributed by atoms with van der Waals surface area (Å²) in [5.41, 5.74) is -0.447. The Kier molecular flexibility index (Phi) is 3.77. The predicted octanol–water partition coefficient (Wildman–Crippen LogP) is 1.83. The Morgan fingerprint density at radius 3 is 2.53 bits per heavy atom. The smallest absolute Gasteiger partial charge is 0.130 e. The van der Waals surface area contributed by atoms with Crippen LogP contribution in [-0.2, 0) is 6.54 Å².